The van der Waals surface area contributed by atoms with Gasteiger partial charge in [0.15, 0.2) is 0 Å². The fourth-order valence-electron chi connectivity index (χ4n) is 4.47. The van der Waals surface area contributed by atoms with Gasteiger partial charge in [-0.05, 0) is 60.1 Å². The normalized spacial score (nSPS) is 11.2. The molecule has 0 atom stereocenters. The average molecular weight is 498 g/mol. The lowest BCUT2D eigenvalue weighted by Crippen LogP contribution is -2.07. The van der Waals surface area contributed by atoms with Gasteiger partial charge in [-0.1, -0.05) is 72.8 Å². The number of carboxylic acid groups (broad SMARTS) is 2. The molecule has 0 saturated carbocycles. The van der Waals surface area contributed by atoms with Gasteiger partial charge in [0, 0.05) is 18.0 Å². The lowest BCUT2D eigenvalue weighted by molar-refractivity contribution is -0.138. The number of fused-ring (bicyclic) bond motifs is 1. The molecule has 0 bridgehead atoms. The molecule has 0 saturated heterocycles. The molecular weight excluding hydrogens is 466 g/mol. The second kappa shape index (κ2) is 12.6. The molecule has 0 aliphatic heterocycles. The van der Waals surface area contributed by atoms with E-state index in [2.05, 4.69) is 12.1 Å². The summed E-state index contributed by atoms with van der Waals surface area (Å²) in [5.41, 5.74) is 5.02. The van der Waals surface area contributed by atoms with Crippen molar-refractivity contribution in [2.24, 2.45) is 0 Å². The van der Waals surface area contributed by atoms with Gasteiger partial charge >= 0.3 is 11.9 Å². The highest BCUT2D eigenvalue weighted by Crippen LogP contribution is 2.28. The fraction of sp³-hybridized carbons (Fsp3) is 0.226. The smallest absolute Gasteiger partial charge is 0.323 e. The zero-order chi connectivity index (χ0) is 26.0. The minimum atomic E-state index is -0.924. The van der Waals surface area contributed by atoms with Crippen LogP contribution in [0.15, 0.2) is 79.0 Å². The summed E-state index contributed by atoms with van der Waals surface area (Å²) in [4.78, 5) is 22.4. The minimum Gasteiger partial charge on any atom is -0.494 e. The van der Waals surface area contributed by atoms with E-state index in [-0.39, 0.29) is 13.0 Å². The number of carboxylic acids is 2. The predicted molar refractivity (Wildman–Crippen MR) is 146 cm³/mol. The number of aliphatic carboxylic acids is 2. The van der Waals surface area contributed by atoms with Crippen molar-refractivity contribution in [1.82, 2.24) is 4.57 Å². The predicted octanol–water partition coefficient (Wildman–Crippen LogP) is 6.32. The number of rotatable bonds is 13. The van der Waals surface area contributed by atoms with Crippen molar-refractivity contribution in [2.45, 2.75) is 38.6 Å². The summed E-state index contributed by atoms with van der Waals surface area (Å²) in [5, 5.41) is 19.3. The standard InChI is InChI=1S/C31H31NO5/c33-29(34)13-5-11-26-21-32(22-30(35)36)31-25(10-4-12-28(26)31)17-14-24-15-18-27(19-16-24)37-20-6-9-23-7-2-1-3-8-23/h1-4,7-8,10,12,14-19,21H,5-6,9,11,13,20,22H2,(H,33,34)(H,35,36). The molecule has 0 fully saturated rings. The number of benzene rings is 3. The van der Waals surface area contributed by atoms with Crippen molar-refractivity contribution in [3.8, 4) is 5.75 Å². The maximum Gasteiger partial charge on any atom is 0.323 e. The van der Waals surface area contributed by atoms with E-state index in [1.807, 2.05) is 79.0 Å². The summed E-state index contributed by atoms with van der Waals surface area (Å²) >= 11 is 0. The average Bonchev–Trinajstić information content (AvgIpc) is 3.23. The van der Waals surface area contributed by atoms with Crippen molar-refractivity contribution >= 4 is 35.0 Å². The maximum atomic E-state index is 11.5. The highest BCUT2D eigenvalue weighted by molar-refractivity contribution is 5.94. The molecule has 190 valence electrons. The highest BCUT2D eigenvalue weighted by Gasteiger charge is 2.13. The largest absolute Gasteiger partial charge is 0.494 e. The molecule has 4 rings (SSSR count). The number of aromatic nitrogens is 1. The molecule has 0 unspecified atom stereocenters. The maximum absolute atomic E-state index is 11.5. The molecule has 1 heterocycles. The second-order valence-corrected chi connectivity index (χ2v) is 9.01. The Morgan fingerprint density at radius 2 is 1.59 bits per heavy atom. The van der Waals surface area contributed by atoms with Crippen LogP contribution in [0.1, 0.15) is 41.5 Å². The van der Waals surface area contributed by atoms with Crippen LogP contribution < -0.4 is 4.74 Å². The van der Waals surface area contributed by atoms with Crippen molar-refractivity contribution in [3.05, 3.63) is 101 Å². The first-order valence-electron chi connectivity index (χ1n) is 12.5. The second-order valence-electron chi connectivity index (χ2n) is 9.01. The van der Waals surface area contributed by atoms with Crippen LogP contribution in [-0.2, 0) is 29.0 Å². The van der Waals surface area contributed by atoms with E-state index in [0.29, 0.717) is 19.4 Å². The zero-order valence-corrected chi connectivity index (χ0v) is 20.7. The van der Waals surface area contributed by atoms with Gasteiger partial charge in [0.05, 0.1) is 12.1 Å². The van der Waals surface area contributed by atoms with E-state index in [9.17, 15) is 14.7 Å². The van der Waals surface area contributed by atoms with Gasteiger partial charge in [-0.2, -0.15) is 0 Å². The van der Waals surface area contributed by atoms with E-state index < -0.39 is 11.9 Å². The molecule has 0 aliphatic carbocycles. The van der Waals surface area contributed by atoms with Gasteiger partial charge in [-0.25, -0.2) is 0 Å². The lowest BCUT2D eigenvalue weighted by atomic mass is 10.0. The van der Waals surface area contributed by atoms with Crippen LogP contribution in [0.4, 0.5) is 0 Å². The molecule has 6 nitrogen and oxygen atoms in total. The van der Waals surface area contributed by atoms with Crippen molar-refractivity contribution in [3.63, 3.8) is 0 Å². The molecular formula is C31H31NO5. The summed E-state index contributed by atoms with van der Waals surface area (Å²) in [7, 11) is 0. The third-order valence-electron chi connectivity index (χ3n) is 6.21. The van der Waals surface area contributed by atoms with Crippen LogP contribution in [0.2, 0.25) is 0 Å². The minimum absolute atomic E-state index is 0.0813. The van der Waals surface area contributed by atoms with Gasteiger partial charge < -0.3 is 19.5 Å². The highest BCUT2D eigenvalue weighted by atomic mass is 16.5. The SMILES string of the molecule is O=C(O)CCCc1cn(CC(=O)O)c2c(C=Cc3ccc(OCCCc4ccccc4)cc3)cccc12. The third-order valence-corrected chi connectivity index (χ3v) is 6.21. The first kappa shape index (κ1) is 25.8. The van der Waals surface area contributed by atoms with E-state index in [4.69, 9.17) is 9.84 Å². The topological polar surface area (TPSA) is 88.8 Å². The Morgan fingerprint density at radius 1 is 0.811 bits per heavy atom. The van der Waals surface area contributed by atoms with Crippen molar-refractivity contribution in [1.29, 1.82) is 0 Å². The Bertz CT molecular complexity index is 1370. The van der Waals surface area contributed by atoms with Crippen LogP contribution in [0, 0.1) is 0 Å². The van der Waals surface area contributed by atoms with Crippen LogP contribution in [-0.4, -0.2) is 33.3 Å². The molecule has 2 N–H and O–H groups in total. The summed E-state index contributed by atoms with van der Waals surface area (Å²) in [6.45, 7) is 0.498. The zero-order valence-electron chi connectivity index (χ0n) is 20.7. The number of carbonyl (C=O) groups is 2. The van der Waals surface area contributed by atoms with Crippen molar-refractivity contribution in [2.75, 3.05) is 6.61 Å². The molecule has 6 heteroatoms. The van der Waals surface area contributed by atoms with Crippen LogP contribution in [0.3, 0.4) is 0 Å². The van der Waals surface area contributed by atoms with Gasteiger partial charge in [-0.3, -0.25) is 9.59 Å². The molecule has 3 aromatic carbocycles. The number of hydrogen-bond acceptors (Lipinski definition) is 3. The number of para-hydroxylation sites is 1. The monoisotopic (exact) mass is 497 g/mol. The van der Waals surface area contributed by atoms with Gasteiger partial charge in [0.2, 0.25) is 0 Å². The summed E-state index contributed by atoms with van der Waals surface area (Å²) in [6.07, 6.45) is 8.91. The first-order chi connectivity index (χ1) is 18.0. The Hall–Kier alpha value is -4.32. The molecule has 4 aromatic rings. The number of nitrogens with zero attached hydrogens (tertiary/aromatic N) is 1. The number of ether oxygens (including phenoxy) is 1. The van der Waals surface area contributed by atoms with Crippen LogP contribution in [0.5, 0.6) is 5.75 Å². The van der Waals surface area contributed by atoms with Gasteiger partial charge in [0.1, 0.15) is 12.3 Å². The molecule has 1 aromatic heterocycles. The van der Waals surface area contributed by atoms with E-state index in [1.54, 1.807) is 4.57 Å². The van der Waals surface area contributed by atoms with Gasteiger partial charge in [-0.15, -0.1) is 0 Å². The molecule has 0 spiro atoms. The quantitative estimate of drug-likeness (QED) is 0.167. The van der Waals surface area contributed by atoms with Gasteiger partial charge in [0.25, 0.3) is 0 Å². The van der Waals surface area contributed by atoms with E-state index in [1.165, 1.54) is 5.56 Å². The molecule has 0 aliphatic rings. The Kier molecular flexibility index (Phi) is 8.76. The summed E-state index contributed by atoms with van der Waals surface area (Å²) < 4.78 is 7.62. The lowest BCUT2D eigenvalue weighted by Gasteiger charge is -2.07. The summed E-state index contributed by atoms with van der Waals surface area (Å²) in [6, 6.07) is 24.1. The molecule has 0 amide bonds. The number of aryl methyl sites for hydroxylation is 2. The molecule has 0 radical (unpaired) electrons. The summed E-state index contributed by atoms with van der Waals surface area (Å²) in [5.74, 6) is -0.928. The number of hydrogen-bond donors (Lipinski definition) is 2. The third kappa shape index (κ3) is 7.34. The Labute approximate surface area is 216 Å². The first-order valence-corrected chi connectivity index (χ1v) is 12.5. The van der Waals surface area contributed by atoms with Crippen molar-refractivity contribution < 1.29 is 24.5 Å². The van der Waals surface area contributed by atoms with Crippen LogP contribution >= 0.6 is 0 Å². The Balaban J connectivity index is 1.44. The van der Waals surface area contributed by atoms with E-state index in [0.717, 1.165) is 46.2 Å². The fourth-order valence-corrected chi connectivity index (χ4v) is 4.47. The van der Waals surface area contributed by atoms with E-state index >= 15 is 0 Å². The molecule has 37 heavy (non-hydrogen) atoms. The van der Waals surface area contributed by atoms with Crippen LogP contribution in [0.25, 0.3) is 23.1 Å². The Morgan fingerprint density at radius 3 is 2.32 bits per heavy atom.